The van der Waals surface area contributed by atoms with E-state index in [0.717, 1.165) is 38.5 Å². The molecule has 3 N–H and O–H groups in total. The molecule has 2 atom stereocenters. The largest absolute Gasteiger partial charge is 0.355 e. The first-order chi connectivity index (χ1) is 8.72. The first-order valence-electron chi connectivity index (χ1n) is 7.42. The summed E-state index contributed by atoms with van der Waals surface area (Å²) >= 11 is 0. The molecule has 2 unspecified atom stereocenters. The number of carbonyl (C=O) groups excluding carboxylic acids is 1. The van der Waals surface area contributed by atoms with E-state index < -0.39 is 0 Å². The third-order valence-electron chi connectivity index (χ3n) is 4.45. The van der Waals surface area contributed by atoms with Gasteiger partial charge >= 0.3 is 0 Å². The van der Waals surface area contributed by atoms with Crippen LogP contribution in [0.5, 0.6) is 0 Å². The maximum Gasteiger partial charge on any atom is 0.234 e. The molecule has 0 bridgehead atoms. The predicted octanol–water partition coefficient (Wildman–Crippen LogP) is 0.819. The molecule has 104 valence electrons. The molecular formula is C14H27N3O. The zero-order valence-corrected chi connectivity index (χ0v) is 11.5. The van der Waals surface area contributed by atoms with Gasteiger partial charge in [-0.3, -0.25) is 9.69 Å². The number of nitrogens with one attached hydrogen (secondary N) is 1. The quantitative estimate of drug-likeness (QED) is 0.737. The Hall–Kier alpha value is -0.610. The molecule has 0 aromatic carbocycles. The minimum atomic E-state index is 0.197. The van der Waals surface area contributed by atoms with Crippen molar-refractivity contribution in [2.75, 3.05) is 32.7 Å². The number of carbonyl (C=O) groups is 1. The molecule has 4 heteroatoms. The van der Waals surface area contributed by atoms with Crippen LogP contribution in [0.4, 0.5) is 0 Å². The second-order valence-electron chi connectivity index (χ2n) is 5.94. The molecular weight excluding hydrogens is 226 g/mol. The van der Waals surface area contributed by atoms with E-state index in [9.17, 15) is 4.79 Å². The molecule has 1 heterocycles. The second kappa shape index (κ2) is 6.53. The van der Waals surface area contributed by atoms with Gasteiger partial charge in [0.2, 0.25) is 5.91 Å². The fourth-order valence-corrected chi connectivity index (χ4v) is 2.91. The maximum atomic E-state index is 11.8. The van der Waals surface area contributed by atoms with Gasteiger partial charge in [0.25, 0.3) is 0 Å². The van der Waals surface area contributed by atoms with Crippen molar-refractivity contribution in [2.24, 2.45) is 23.5 Å². The third-order valence-corrected chi connectivity index (χ3v) is 4.45. The van der Waals surface area contributed by atoms with Crippen LogP contribution in [0.3, 0.4) is 0 Å². The number of rotatable bonds is 6. The van der Waals surface area contributed by atoms with E-state index in [1.807, 2.05) is 0 Å². The van der Waals surface area contributed by atoms with E-state index >= 15 is 0 Å². The lowest BCUT2D eigenvalue weighted by molar-refractivity contribution is -0.122. The summed E-state index contributed by atoms with van der Waals surface area (Å²) in [6.45, 7) is 6.53. The highest BCUT2D eigenvalue weighted by atomic mass is 16.2. The monoisotopic (exact) mass is 253 g/mol. The zero-order chi connectivity index (χ0) is 13.0. The molecule has 0 aromatic rings. The summed E-state index contributed by atoms with van der Waals surface area (Å²) in [5.41, 5.74) is 5.81. The fraction of sp³-hybridized carbons (Fsp3) is 0.929. The van der Waals surface area contributed by atoms with Gasteiger partial charge in [0, 0.05) is 13.1 Å². The summed E-state index contributed by atoms with van der Waals surface area (Å²) < 4.78 is 0. The smallest absolute Gasteiger partial charge is 0.234 e. The third kappa shape index (κ3) is 3.95. The Balaban J connectivity index is 1.70. The van der Waals surface area contributed by atoms with Crippen LogP contribution >= 0.6 is 0 Å². The van der Waals surface area contributed by atoms with E-state index in [4.69, 9.17) is 5.73 Å². The second-order valence-corrected chi connectivity index (χ2v) is 5.94. The molecule has 2 aliphatic rings. The Kier molecular flexibility index (Phi) is 5.01. The number of nitrogens with two attached hydrogens (primary N) is 1. The summed E-state index contributed by atoms with van der Waals surface area (Å²) in [6, 6.07) is 0. The Morgan fingerprint density at radius 2 is 2.11 bits per heavy atom. The maximum absolute atomic E-state index is 11.8. The van der Waals surface area contributed by atoms with Gasteiger partial charge in [-0.25, -0.2) is 0 Å². The van der Waals surface area contributed by atoms with E-state index in [1.54, 1.807) is 0 Å². The van der Waals surface area contributed by atoms with Crippen LogP contribution in [0, 0.1) is 17.8 Å². The molecule has 18 heavy (non-hydrogen) atoms. The highest BCUT2D eigenvalue weighted by molar-refractivity contribution is 5.78. The van der Waals surface area contributed by atoms with Crippen LogP contribution in [0.15, 0.2) is 0 Å². The van der Waals surface area contributed by atoms with Gasteiger partial charge in [-0.05, 0) is 50.1 Å². The van der Waals surface area contributed by atoms with Crippen LogP contribution in [-0.2, 0) is 4.79 Å². The minimum Gasteiger partial charge on any atom is -0.355 e. The molecule has 0 radical (unpaired) electrons. The van der Waals surface area contributed by atoms with Gasteiger partial charge < -0.3 is 11.1 Å². The molecule has 0 spiro atoms. The summed E-state index contributed by atoms with van der Waals surface area (Å²) in [4.78, 5) is 14.1. The Bertz CT molecular complexity index is 278. The number of likely N-dealkylation sites (tertiary alicyclic amines) is 1. The Morgan fingerprint density at radius 1 is 1.33 bits per heavy atom. The van der Waals surface area contributed by atoms with Gasteiger partial charge in [-0.2, -0.15) is 0 Å². The number of amides is 1. The van der Waals surface area contributed by atoms with Crippen LogP contribution in [0.1, 0.15) is 32.6 Å². The van der Waals surface area contributed by atoms with E-state index in [1.165, 1.54) is 19.3 Å². The van der Waals surface area contributed by atoms with E-state index in [-0.39, 0.29) is 5.91 Å². The lowest BCUT2D eigenvalue weighted by Gasteiger charge is -2.37. The SMILES string of the molecule is CCC1CN(CC(=O)NCC2CC2)CCC1CN. The first kappa shape index (κ1) is 13.8. The molecule has 1 saturated carbocycles. The topological polar surface area (TPSA) is 58.4 Å². The molecule has 4 nitrogen and oxygen atoms in total. The van der Waals surface area contributed by atoms with Crippen molar-refractivity contribution in [2.45, 2.75) is 32.6 Å². The highest BCUT2D eigenvalue weighted by Gasteiger charge is 2.28. The van der Waals surface area contributed by atoms with Crippen molar-refractivity contribution < 1.29 is 4.79 Å². The minimum absolute atomic E-state index is 0.197. The molecule has 1 saturated heterocycles. The fourth-order valence-electron chi connectivity index (χ4n) is 2.91. The van der Waals surface area contributed by atoms with E-state index in [0.29, 0.717) is 18.4 Å². The normalized spacial score (nSPS) is 29.2. The van der Waals surface area contributed by atoms with Crippen LogP contribution in [0.25, 0.3) is 0 Å². The summed E-state index contributed by atoms with van der Waals surface area (Å²) in [5, 5.41) is 3.04. The standard InChI is InChI=1S/C14H27N3O/c1-2-12-9-17(6-5-13(12)7-15)10-14(18)16-8-11-3-4-11/h11-13H,2-10,15H2,1H3,(H,16,18). The van der Waals surface area contributed by atoms with Crippen LogP contribution < -0.4 is 11.1 Å². The van der Waals surface area contributed by atoms with Crippen molar-refractivity contribution in [3.8, 4) is 0 Å². The first-order valence-corrected chi connectivity index (χ1v) is 7.42. The Morgan fingerprint density at radius 3 is 2.72 bits per heavy atom. The van der Waals surface area contributed by atoms with Crippen LogP contribution in [0.2, 0.25) is 0 Å². The Labute approximate surface area is 110 Å². The molecule has 2 fully saturated rings. The van der Waals surface area contributed by atoms with Crippen molar-refractivity contribution >= 4 is 5.91 Å². The van der Waals surface area contributed by atoms with Crippen molar-refractivity contribution in [1.82, 2.24) is 10.2 Å². The number of hydrogen-bond acceptors (Lipinski definition) is 3. The van der Waals surface area contributed by atoms with Crippen LogP contribution in [-0.4, -0.2) is 43.5 Å². The number of nitrogens with zero attached hydrogens (tertiary/aromatic N) is 1. The van der Waals surface area contributed by atoms with E-state index in [2.05, 4.69) is 17.1 Å². The lowest BCUT2D eigenvalue weighted by Crippen LogP contribution is -2.46. The van der Waals surface area contributed by atoms with Gasteiger partial charge in [-0.15, -0.1) is 0 Å². The van der Waals surface area contributed by atoms with Crippen molar-refractivity contribution in [3.05, 3.63) is 0 Å². The van der Waals surface area contributed by atoms with Crippen molar-refractivity contribution in [3.63, 3.8) is 0 Å². The van der Waals surface area contributed by atoms with Gasteiger partial charge in [0.05, 0.1) is 6.54 Å². The van der Waals surface area contributed by atoms with Crippen molar-refractivity contribution in [1.29, 1.82) is 0 Å². The molecule has 0 aromatic heterocycles. The van der Waals surface area contributed by atoms with Gasteiger partial charge in [0.15, 0.2) is 0 Å². The lowest BCUT2D eigenvalue weighted by atomic mass is 9.84. The molecule has 2 rings (SSSR count). The molecule has 1 aliphatic heterocycles. The number of piperidine rings is 1. The number of hydrogen-bond donors (Lipinski definition) is 2. The molecule has 1 aliphatic carbocycles. The predicted molar refractivity (Wildman–Crippen MR) is 73.1 cm³/mol. The van der Waals surface area contributed by atoms with Gasteiger partial charge in [0.1, 0.15) is 0 Å². The van der Waals surface area contributed by atoms with Gasteiger partial charge in [-0.1, -0.05) is 13.3 Å². The molecule has 1 amide bonds. The highest BCUT2D eigenvalue weighted by Crippen LogP contribution is 2.27. The zero-order valence-electron chi connectivity index (χ0n) is 11.5. The average Bonchev–Trinajstić information content (AvgIpc) is 3.20. The average molecular weight is 253 g/mol. The summed E-state index contributed by atoms with van der Waals surface area (Å²) in [5.74, 6) is 2.28. The summed E-state index contributed by atoms with van der Waals surface area (Å²) in [6.07, 6.45) is 4.90. The summed E-state index contributed by atoms with van der Waals surface area (Å²) in [7, 11) is 0.